The van der Waals surface area contributed by atoms with E-state index >= 15 is 0 Å². The fraction of sp³-hybridized carbons (Fsp3) is 0.200. The number of ether oxygens (including phenoxy) is 1. The highest BCUT2D eigenvalue weighted by Gasteiger charge is 2.17. The number of hydrogen-bond donors (Lipinski definition) is 1. The first-order chi connectivity index (χ1) is 12.1. The number of nitrogens with zero attached hydrogens (tertiary/aromatic N) is 2. The Morgan fingerprint density at radius 2 is 1.88 bits per heavy atom. The summed E-state index contributed by atoms with van der Waals surface area (Å²) in [4.78, 5) is 12.6. The van der Waals surface area contributed by atoms with Gasteiger partial charge in [-0.1, -0.05) is 42.5 Å². The van der Waals surface area contributed by atoms with Crippen molar-refractivity contribution in [1.82, 2.24) is 15.1 Å². The standard InChI is InChI=1S/C20H21N3O2/c1-14(15-8-5-4-6-9-15)21-20(24)19-13-18(22-23(19)2)16-10-7-11-17(12-16)25-3/h4-14H,1-3H3,(H,21,24). The quantitative estimate of drug-likeness (QED) is 0.775. The molecule has 0 aliphatic rings. The fourth-order valence-corrected chi connectivity index (χ4v) is 2.70. The van der Waals surface area contributed by atoms with Crippen LogP contribution in [0.15, 0.2) is 60.7 Å². The topological polar surface area (TPSA) is 56.1 Å². The third kappa shape index (κ3) is 3.71. The molecule has 1 amide bonds. The lowest BCUT2D eigenvalue weighted by Crippen LogP contribution is -2.28. The van der Waals surface area contributed by atoms with E-state index in [1.807, 2.05) is 61.5 Å². The molecule has 5 nitrogen and oxygen atoms in total. The van der Waals surface area contributed by atoms with Gasteiger partial charge in [-0.05, 0) is 30.7 Å². The van der Waals surface area contributed by atoms with Gasteiger partial charge in [0.2, 0.25) is 0 Å². The van der Waals surface area contributed by atoms with E-state index in [-0.39, 0.29) is 11.9 Å². The molecule has 3 aromatic rings. The smallest absolute Gasteiger partial charge is 0.270 e. The molecule has 1 heterocycles. The predicted octanol–water partition coefficient (Wildman–Crippen LogP) is 3.59. The van der Waals surface area contributed by atoms with Gasteiger partial charge in [-0.25, -0.2) is 0 Å². The highest BCUT2D eigenvalue weighted by Crippen LogP contribution is 2.23. The first-order valence-electron chi connectivity index (χ1n) is 8.13. The van der Waals surface area contributed by atoms with Crippen molar-refractivity contribution in [3.63, 3.8) is 0 Å². The Balaban J connectivity index is 1.81. The molecule has 25 heavy (non-hydrogen) atoms. The van der Waals surface area contributed by atoms with Gasteiger partial charge in [0.15, 0.2) is 0 Å². The van der Waals surface area contributed by atoms with Crippen LogP contribution in [0.25, 0.3) is 11.3 Å². The van der Waals surface area contributed by atoms with Crippen LogP contribution in [0.1, 0.15) is 29.0 Å². The van der Waals surface area contributed by atoms with Crippen molar-refractivity contribution in [2.75, 3.05) is 7.11 Å². The van der Waals surface area contributed by atoms with Crippen LogP contribution in [-0.4, -0.2) is 22.8 Å². The van der Waals surface area contributed by atoms with Gasteiger partial charge in [0.25, 0.3) is 5.91 Å². The lowest BCUT2D eigenvalue weighted by Gasteiger charge is -2.14. The van der Waals surface area contributed by atoms with Gasteiger partial charge < -0.3 is 10.1 Å². The Hall–Kier alpha value is -3.08. The molecule has 0 aliphatic heterocycles. The number of carbonyl (C=O) groups excluding carboxylic acids is 1. The zero-order valence-corrected chi connectivity index (χ0v) is 14.6. The molecule has 0 radical (unpaired) electrons. The Kier molecular flexibility index (Phi) is 4.84. The molecule has 0 spiro atoms. The Labute approximate surface area is 147 Å². The molecular weight excluding hydrogens is 314 g/mol. The summed E-state index contributed by atoms with van der Waals surface area (Å²) in [5, 5.41) is 7.47. The number of carbonyl (C=O) groups is 1. The van der Waals surface area contributed by atoms with Crippen molar-refractivity contribution in [2.24, 2.45) is 7.05 Å². The van der Waals surface area contributed by atoms with Crippen molar-refractivity contribution in [3.8, 4) is 17.0 Å². The first kappa shape index (κ1) is 16.8. The summed E-state index contributed by atoms with van der Waals surface area (Å²) in [5.74, 6) is 0.604. The van der Waals surface area contributed by atoms with Crippen molar-refractivity contribution >= 4 is 5.91 Å². The van der Waals surface area contributed by atoms with Crippen LogP contribution in [0.4, 0.5) is 0 Å². The minimum Gasteiger partial charge on any atom is -0.497 e. The van der Waals surface area contributed by atoms with E-state index in [9.17, 15) is 4.79 Å². The number of amides is 1. The van der Waals surface area contributed by atoms with Crippen LogP contribution in [0.5, 0.6) is 5.75 Å². The highest BCUT2D eigenvalue weighted by molar-refractivity contribution is 5.94. The first-order valence-corrected chi connectivity index (χ1v) is 8.13. The van der Waals surface area contributed by atoms with Gasteiger partial charge in [-0.3, -0.25) is 9.48 Å². The molecule has 2 aromatic carbocycles. The number of nitrogens with one attached hydrogen (secondary N) is 1. The molecule has 1 unspecified atom stereocenters. The summed E-state index contributed by atoms with van der Waals surface area (Å²) >= 11 is 0. The van der Waals surface area contributed by atoms with E-state index in [1.54, 1.807) is 24.9 Å². The van der Waals surface area contributed by atoms with Crippen molar-refractivity contribution in [2.45, 2.75) is 13.0 Å². The van der Waals surface area contributed by atoms with E-state index in [0.29, 0.717) is 5.69 Å². The zero-order chi connectivity index (χ0) is 17.8. The number of rotatable bonds is 5. The van der Waals surface area contributed by atoms with E-state index in [2.05, 4.69) is 10.4 Å². The Morgan fingerprint density at radius 3 is 2.60 bits per heavy atom. The third-order valence-electron chi connectivity index (χ3n) is 4.13. The lowest BCUT2D eigenvalue weighted by atomic mass is 10.1. The Morgan fingerprint density at radius 1 is 1.12 bits per heavy atom. The maximum absolute atomic E-state index is 12.6. The minimum absolute atomic E-state index is 0.0798. The van der Waals surface area contributed by atoms with Gasteiger partial charge in [0.05, 0.1) is 18.8 Å². The van der Waals surface area contributed by atoms with Crippen molar-refractivity contribution in [3.05, 3.63) is 71.9 Å². The second-order valence-corrected chi connectivity index (χ2v) is 5.88. The molecule has 0 fully saturated rings. The maximum Gasteiger partial charge on any atom is 0.270 e. The summed E-state index contributed by atoms with van der Waals surface area (Å²) in [5.41, 5.74) is 3.22. The molecule has 3 rings (SSSR count). The lowest BCUT2D eigenvalue weighted by molar-refractivity contribution is 0.0930. The van der Waals surface area contributed by atoms with Crippen LogP contribution in [0.3, 0.4) is 0 Å². The summed E-state index contributed by atoms with van der Waals surface area (Å²) < 4.78 is 6.85. The molecule has 1 aromatic heterocycles. The van der Waals surface area contributed by atoms with Gasteiger partial charge in [0, 0.05) is 12.6 Å². The van der Waals surface area contributed by atoms with E-state index in [0.717, 1.165) is 22.6 Å². The normalized spacial score (nSPS) is 11.8. The summed E-state index contributed by atoms with van der Waals surface area (Å²) in [6.45, 7) is 1.96. The minimum atomic E-state index is -0.152. The molecule has 1 N–H and O–H groups in total. The summed E-state index contributed by atoms with van der Waals surface area (Å²) in [6, 6.07) is 19.2. The van der Waals surface area contributed by atoms with Crippen molar-refractivity contribution < 1.29 is 9.53 Å². The largest absolute Gasteiger partial charge is 0.497 e. The molecule has 1 atom stereocenters. The van der Waals surface area contributed by atoms with Gasteiger partial charge in [-0.2, -0.15) is 5.10 Å². The number of benzene rings is 2. The number of methoxy groups -OCH3 is 1. The second-order valence-electron chi connectivity index (χ2n) is 5.88. The number of aromatic nitrogens is 2. The number of hydrogen-bond acceptors (Lipinski definition) is 3. The second kappa shape index (κ2) is 7.21. The maximum atomic E-state index is 12.6. The van der Waals surface area contributed by atoms with E-state index < -0.39 is 0 Å². The van der Waals surface area contributed by atoms with Crippen LogP contribution < -0.4 is 10.1 Å². The average Bonchev–Trinajstić information content (AvgIpc) is 3.04. The van der Waals surface area contributed by atoms with Crippen LogP contribution in [0, 0.1) is 0 Å². The van der Waals surface area contributed by atoms with Crippen LogP contribution >= 0.6 is 0 Å². The van der Waals surface area contributed by atoms with Gasteiger partial charge >= 0.3 is 0 Å². The molecular formula is C20H21N3O2. The zero-order valence-electron chi connectivity index (χ0n) is 14.6. The summed E-state index contributed by atoms with van der Waals surface area (Å²) in [6.07, 6.45) is 0. The average molecular weight is 335 g/mol. The van der Waals surface area contributed by atoms with E-state index in [4.69, 9.17) is 4.74 Å². The fourth-order valence-electron chi connectivity index (χ4n) is 2.70. The summed E-state index contributed by atoms with van der Waals surface area (Å²) in [7, 11) is 3.40. The monoisotopic (exact) mass is 335 g/mol. The third-order valence-corrected chi connectivity index (χ3v) is 4.13. The molecule has 0 aliphatic carbocycles. The molecule has 5 heteroatoms. The highest BCUT2D eigenvalue weighted by atomic mass is 16.5. The van der Waals surface area contributed by atoms with Crippen LogP contribution in [-0.2, 0) is 7.05 Å². The molecule has 0 saturated heterocycles. The Bertz CT molecular complexity index is 872. The predicted molar refractivity (Wildman–Crippen MR) is 97.5 cm³/mol. The van der Waals surface area contributed by atoms with Gasteiger partial charge in [0.1, 0.15) is 11.4 Å². The molecule has 0 saturated carbocycles. The molecule has 128 valence electrons. The van der Waals surface area contributed by atoms with Crippen LogP contribution in [0.2, 0.25) is 0 Å². The van der Waals surface area contributed by atoms with Crippen molar-refractivity contribution in [1.29, 1.82) is 0 Å². The molecule has 0 bridgehead atoms. The SMILES string of the molecule is COc1cccc(-c2cc(C(=O)NC(C)c3ccccc3)n(C)n2)c1. The van der Waals surface area contributed by atoms with Gasteiger partial charge in [-0.15, -0.1) is 0 Å². The number of aryl methyl sites for hydroxylation is 1. The van der Waals surface area contributed by atoms with E-state index in [1.165, 1.54) is 0 Å².